The SMILES string of the molecule is C=CS(=O)(=O)NCCCN(C1CC1)S(=O)(=O)c1cccc(F)c1. The number of hydrogen-bond acceptors (Lipinski definition) is 4. The molecule has 0 bridgehead atoms. The molecule has 6 nitrogen and oxygen atoms in total. The molecule has 0 heterocycles. The van der Waals surface area contributed by atoms with Crippen LogP contribution in [0.5, 0.6) is 0 Å². The predicted octanol–water partition coefficient (Wildman–Crippen LogP) is 1.43. The molecule has 1 saturated carbocycles. The van der Waals surface area contributed by atoms with E-state index < -0.39 is 25.9 Å². The first-order chi connectivity index (χ1) is 10.8. The molecule has 1 aliphatic rings. The van der Waals surface area contributed by atoms with E-state index in [0.717, 1.165) is 24.3 Å². The van der Waals surface area contributed by atoms with Crippen molar-refractivity contribution in [2.75, 3.05) is 13.1 Å². The van der Waals surface area contributed by atoms with E-state index in [1.54, 1.807) is 0 Å². The molecule has 0 saturated heterocycles. The molecule has 1 aromatic rings. The summed E-state index contributed by atoms with van der Waals surface area (Å²) in [6, 6.07) is 4.79. The van der Waals surface area contributed by atoms with Crippen molar-refractivity contribution in [2.45, 2.75) is 30.2 Å². The quantitative estimate of drug-likeness (QED) is 0.674. The molecule has 0 aromatic heterocycles. The fraction of sp³-hybridized carbons (Fsp3) is 0.429. The largest absolute Gasteiger partial charge is 0.243 e. The molecule has 23 heavy (non-hydrogen) atoms. The van der Waals surface area contributed by atoms with Crippen LogP contribution in [0.1, 0.15) is 19.3 Å². The van der Waals surface area contributed by atoms with E-state index in [4.69, 9.17) is 0 Å². The van der Waals surface area contributed by atoms with Gasteiger partial charge in [-0.1, -0.05) is 12.6 Å². The summed E-state index contributed by atoms with van der Waals surface area (Å²) in [6.07, 6.45) is 1.83. The third kappa shape index (κ3) is 4.84. The Morgan fingerprint density at radius 3 is 2.57 bits per heavy atom. The van der Waals surface area contributed by atoms with Gasteiger partial charge in [-0.3, -0.25) is 0 Å². The Hall–Kier alpha value is -1.29. The summed E-state index contributed by atoms with van der Waals surface area (Å²) in [4.78, 5) is -0.0870. The van der Waals surface area contributed by atoms with Crippen LogP contribution in [0.25, 0.3) is 0 Å². The van der Waals surface area contributed by atoms with Gasteiger partial charge in [0, 0.05) is 24.5 Å². The second-order valence-corrected chi connectivity index (χ2v) is 8.87. The lowest BCUT2D eigenvalue weighted by atomic mass is 10.4. The molecule has 1 fully saturated rings. The Morgan fingerprint density at radius 2 is 2.00 bits per heavy atom. The minimum absolute atomic E-state index is 0.0870. The van der Waals surface area contributed by atoms with E-state index in [1.165, 1.54) is 22.5 Å². The van der Waals surface area contributed by atoms with Gasteiger partial charge in [-0.15, -0.1) is 0 Å². The summed E-state index contributed by atoms with van der Waals surface area (Å²) in [5.41, 5.74) is 0. The second-order valence-electron chi connectivity index (χ2n) is 5.26. The van der Waals surface area contributed by atoms with Crippen molar-refractivity contribution in [2.24, 2.45) is 0 Å². The Morgan fingerprint density at radius 1 is 1.30 bits per heavy atom. The van der Waals surface area contributed by atoms with Crippen LogP contribution in [0.4, 0.5) is 4.39 Å². The van der Waals surface area contributed by atoms with Gasteiger partial charge in [0.15, 0.2) is 0 Å². The van der Waals surface area contributed by atoms with Gasteiger partial charge in [0.05, 0.1) is 4.90 Å². The molecule has 0 atom stereocenters. The summed E-state index contributed by atoms with van der Waals surface area (Å²) >= 11 is 0. The number of benzene rings is 1. The van der Waals surface area contributed by atoms with Gasteiger partial charge in [-0.25, -0.2) is 25.9 Å². The highest BCUT2D eigenvalue weighted by atomic mass is 32.2. The van der Waals surface area contributed by atoms with Crippen molar-refractivity contribution in [1.82, 2.24) is 9.03 Å². The minimum Gasteiger partial charge on any atom is -0.212 e. The van der Waals surface area contributed by atoms with E-state index in [2.05, 4.69) is 11.3 Å². The third-order valence-corrected chi connectivity index (χ3v) is 6.43. The van der Waals surface area contributed by atoms with Crippen LogP contribution in [0.3, 0.4) is 0 Å². The molecular weight excluding hydrogens is 343 g/mol. The first kappa shape index (κ1) is 18.1. The molecule has 1 N–H and O–H groups in total. The topological polar surface area (TPSA) is 83.6 Å². The van der Waals surface area contributed by atoms with Gasteiger partial charge < -0.3 is 0 Å². The van der Waals surface area contributed by atoms with Crippen LogP contribution in [0, 0.1) is 5.82 Å². The minimum atomic E-state index is -3.79. The van der Waals surface area contributed by atoms with E-state index in [-0.39, 0.29) is 24.0 Å². The zero-order chi connectivity index (χ0) is 17.1. The standard InChI is InChI=1S/C14H19FN2O4S2/c1-2-22(18,19)16-9-4-10-17(13-7-8-13)23(20,21)14-6-3-5-12(15)11-14/h2-3,5-6,11,13,16H,1,4,7-10H2. The van der Waals surface area contributed by atoms with Gasteiger partial charge in [0.2, 0.25) is 20.0 Å². The first-order valence-corrected chi connectivity index (χ1v) is 10.1. The van der Waals surface area contributed by atoms with Crippen molar-refractivity contribution in [3.63, 3.8) is 0 Å². The second kappa shape index (κ2) is 7.08. The predicted molar refractivity (Wildman–Crippen MR) is 85.1 cm³/mol. The zero-order valence-corrected chi connectivity index (χ0v) is 14.1. The Labute approximate surface area is 136 Å². The van der Waals surface area contributed by atoms with Crippen LogP contribution in [0.2, 0.25) is 0 Å². The number of hydrogen-bond donors (Lipinski definition) is 1. The normalized spacial score (nSPS) is 15.7. The molecule has 0 spiro atoms. The fourth-order valence-corrected chi connectivity index (χ4v) is 4.43. The van der Waals surface area contributed by atoms with Crippen molar-refractivity contribution < 1.29 is 21.2 Å². The van der Waals surface area contributed by atoms with Gasteiger partial charge >= 0.3 is 0 Å². The summed E-state index contributed by atoms with van der Waals surface area (Å²) in [5.74, 6) is -0.611. The van der Waals surface area contributed by atoms with Gasteiger partial charge in [0.25, 0.3) is 0 Å². The maximum absolute atomic E-state index is 13.3. The first-order valence-electron chi connectivity index (χ1n) is 7.16. The zero-order valence-electron chi connectivity index (χ0n) is 12.5. The number of rotatable bonds is 9. The molecule has 1 aromatic carbocycles. The number of nitrogens with one attached hydrogen (secondary N) is 1. The van der Waals surface area contributed by atoms with E-state index in [0.29, 0.717) is 6.42 Å². The lowest BCUT2D eigenvalue weighted by molar-refractivity contribution is 0.397. The summed E-state index contributed by atoms with van der Waals surface area (Å²) < 4.78 is 64.6. The Bertz CT molecular complexity index is 774. The number of halogens is 1. The van der Waals surface area contributed by atoms with Gasteiger partial charge in [-0.2, -0.15) is 4.31 Å². The smallest absolute Gasteiger partial charge is 0.212 e. The fourth-order valence-electron chi connectivity index (χ4n) is 2.13. The molecule has 0 amide bonds. The van der Waals surface area contributed by atoms with Crippen LogP contribution in [-0.4, -0.2) is 40.3 Å². The monoisotopic (exact) mass is 362 g/mol. The number of sulfonamides is 2. The Kier molecular flexibility index (Phi) is 5.56. The van der Waals surface area contributed by atoms with Crippen molar-refractivity contribution in [3.05, 3.63) is 42.1 Å². The molecule has 0 aliphatic heterocycles. The maximum Gasteiger partial charge on any atom is 0.243 e. The van der Waals surface area contributed by atoms with Crippen LogP contribution in [-0.2, 0) is 20.0 Å². The maximum atomic E-state index is 13.3. The van der Waals surface area contributed by atoms with Gasteiger partial charge in [0.1, 0.15) is 5.82 Å². The average Bonchev–Trinajstić information content (AvgIpc) is 3.31. The molecule has 1 aliphatic carbocycles. The molecule has 2 rings (SSSR count). The molecular formula is C14H19FN2O4S2. The third-order valence-electron chi connectivity index (χ3n) is 3.43. The molecule has 0 radical (unpaired) electrons. The Balaban J connectivity index is 2.05. The lowest BCUT2D eigenvalue weighted by Gasteiger charge is -2.22. The summed E-state index contributed by atoms with van der Waals surface area (Å²) in [6.45, 7) is 3.46. The highest BCUT2D eigenvalue weighted by molar-refractivity contribution is 7.92. The van der Waals surface area contributed by atoms with Crippen LogP contribution >= 0.6 is 0 Å². The van der Waals surface area contributed by atoms with Crippen LogP contribution in [0.15, 0.2) is 41.1 Å². The van der Waals surface area contributed by atoms with Crippen molar-refractivity contribution in [3.8, 4) is 0 Å². The lowest BCUT2D eigenvalue weighted by Crippen LogP contribution is -2.35. The summed E-state index contributed by atoms with van der Waals surface area (Å²) in [5, 5.41) is 0.801. The molecule has 0 unspecified atom stereocenters. The van der Waals surface area contributed by atoms with Gasteiger partial charge in [-0.05, 0) is 37.5 Å². The highest BCUT2D eigenvalue weighted by Gasteiger charge is 2.37. The highest BCUT2D eigenvalue weighted by Crippen LogP contribution is 2.32. The van der Waals surface area contributed by atoms with Crippen molar-refractivity contribution in [1.29, 1.82) is 0 Å². The van der Waals surface area contributed by atoms with E-state index in [1.807, 2.05) is 0 Å². The molecule has 128 valence electrons. The van der Waals surface area contributed by atoms with E-state index in [9.17, 15) is 21.2 Å². The van der Waals surface area contributed by atoms with Crippen molar-refractivity contribution >= 4 is 20.0 Å². The van der Waals surface area contributed by atoms with Crippen LogP contribution < -0.4 is 4.72 Å². The molecule has 9 heteroatoms. The number of nitrogens with zero attached hydrogens (tertiary/aromatic N) is 1. The average molecular weight is 362 g/mol. The van der Waals surface area contributed by atoms with E-state index >= 15 is 0 Å². The summed E-state index contributed by atoms with van der Waals surface area (Å²) in [7, 11) is -7.30.